The summed E-state index contributed by atoms with van der Waals surface area (Å²) in [5.74, 6) is 0. The summed E-state index contributed by atoms with van der Waals surface area (Å²) in [4.78, 5) is 4.23. The fraction of sp³-hybridized carbons (Fsp3) is 0.700. The van der Waals surface area contributed by atoms with Gasteiger partial charge in [0.15, 0.2) is 5.01 Å². The molecule has 0 radical (unpaired) electrons. The van der Waals surface area contributed by atoms with E-state index in [2.05, 4.69) is 10.3 Å². The van der Waals surface area contributed by atoms with Crippen molar-refractivity contribution in [3.8, 4) is 0 Å². The van der Waals surface area contributed by atoms with Gasteiger partial charge in [-0.2, -0.15) is 13.2 Å². The molecule has 0 spiro atoms. The van der Waals surface area contributed by atoms with Gasteiger partial charge in [0.05, 0.1) is 5.69 Å². The van der Waals surface area contributed by atoms with Gasteiger partial charge in [0.2, 0.25) is 0 Å². The van der Waals surface area contributed by atoms with E-state index in [1.165, 1.54) is 0 Å². The highest BCUT2D eigenvalue weighted by molar-refractivity contribution is 7.11. The summed E-state index contributed by atoms with van der Waals surface area (Å²) in [5.41, 5.74) is 0.466. The smallest absolute Gasteiger partial charge is 0.309 e. The van der Waals surface area contributed by atoms with Gasteiger partial charge in [-0.05, 0) is 26.8 Å². The van der Waals surface area contributed by atoms with Gasteiger partial charge in [-0.15, -0.1) is 11.3 Å². The maximum absolute atomic E-state index is 12.4. The van der Waals surface area contributed by atoms with Crippen molar-refractivity contribution in [1.29, 1.82) is 0 Å². The zero-order chi connectivity index (χ0) is 12.3. The molecule has 0 bridgehead atoms. The molecule has 1 aromatic heterocycles. The Kier molecular flexibility index (Phi) is 4.32. The Hall–Kier alpha value is -0.620. The Morgan fingerprint density at radius 1 is 1.44 bits per heavy atom. The van der Waals surface area contributed by atoms with E-state index >= 15 is 0 Å². The van der Waals surface area contributed by atoms with E-state index in [0.29, 0.717) is 10.6 Å². The normalized spacial score (nSPS) is 14.1. The van der Waals surface area contributed by atoms with Crippen LogP contribution in [-0.2, 0) is 6.18 Å². The second-order valence-corrected chi connectivity index (χ2v) is 4.67. The average Bonchev–Trinajstić information content (AvgIpc) is 2.56. The van der Waals surface area contributed by atoms with E-state index in [9.17, 15) is 13.2 Å². The Morgan fingerprint density at radius 3 is 2.50 bits per heavy atom. The number of halogens is 3. The lowest BCUT2D eigenvalue weighted by molar-refractivity contribution is -0.137. The summed E-state index contributed by atoms with van der Waals surface area (Å²) in [6.07, 6.45) is -3.38. The van der Waals surface area contributed by atoms with E-state index in [1.807, 2.05) is 13.8 Å². The quantitative estimate of drug-likeness (QED) is 0.886. The van der Waals surface area contributed by atoms with E-state index in [-0.39, 0.29) is 6.04 Å². The van der Waals surface area contributed by atoms with E-state index in [4.69, 9.17) is 0 Å². The summed E-state index contributed by atoms with van der Waals surface area (Å²) in [6, 6.07) is -0.0754. The van der Waals surface area contributed by atoms with Crippen LogP contribution in [0.2, 0.25) is 0 Å². The summed E-state index contributed by atoms with van der Waals surface area (Å²) in [7, 11) is 0. The topological polar surface area (TPSA) is 24.9 Å². The number of alkyl halides is 3. The molecule has 0 fully saturated rings. The van der Waals surface area contributed by atoms with Crippen molar-refractivity contribution in [3.05, 3.63) is 15.6 Å². The molecular formula is C10H15F3N2S. The molecule has 0 aliphatic carbocycles. The molecule has 1 unspecified atom stereocenters. The highest BCUT2D eigenvalue weighted by atomic mass is 32.1. The van der Waals surface area contributed by atoms with Crippen LogP contribution in [0.1, 0.15) is 41.9 Å². The van der Waals surface area contributed by atoms with Crippen molar-refractivity contribution in [2.24, 2.45) is 0 Å². The van der Waals surface area contributed by atoms with Crippen LogP contribution in [0.3, 0.4) is 0 Å². The monoisotopic (exact) mass is 252 g/mol. The van der Waals surface area contributed by atoms with Crippen molar-refractivity contribution >= 4 is 11.3 Å². The van der Waals surface area contributed by atoms with Crippen LogP contribution in [0, 0.1) is 6.92 Å². The number of hydrogen-bond acceptors (Lipinski definition) is 3. The molecule has 0 aliphatic heterocycles. The van der Waals surface area contributed by atoms with Crippen molar-refractivity contribution < 1.29 is 13.2 Å². The summed E-state index contributed by atoms with van der Waals surface area (Å²) in [6.45, 7) is 6.28. The first-order chi connectivity index (χ1) is 7.36. The number of aromatic nitrogens is 1. The average molecular weight is 252 g/mol. The van der Waals surface area contributed by atoms with Gasteiger partial charge in [0, 0.05) is 10.9 Å². The van der Waals surface area contributed by atoms with Gasteiger partial charge in [0.25, 0.3) is 0 Å². The Morgan fingerprint density at radius 2 is 2.06 bits per heavy atom. The van der Waals surface area contributed by atoms with Crippen molar-refractivity contribution in [2.75, 3.05) is 6.54 Å². The maximum Gasteiger partial charge on any atom is 0.443 e. The molecule has 1 heterocycles. The van der Waals surface area contributed by atoms with Gasteiger partial charge in [-0.1, -0.05) is 6.92 Å². The minimum Gasteiger partial charge on any atom is -0.309 e. The standard InChI is InChI=1S/C10H15F3N2S/c1-4-5-14-6(2)8-7(3)15-9(16-8)10(11,12)13/h6,14H,4-5H2,1-3H3. The fourth-order valence-electron chi connectivity index (χ4n) is 1.38. The van der Waals surface area contributed by atoms with Gasteiger partial charge in [-0.3, -0.25) is 0 Å². The molecule has 2 nitrogen and oxygen atoms in total. The maximum atomic E-state index is 12.4. The van der Waals surface area contributed by atoms with Gasteiger partial charge < -0.3 is 5.32 Å². The Labute approximate surface area is 96.9 Å². The van der Waals surface area contributed by atoms with Gasteiger partial charge >= 0.3 is 6.18 Å². The third-order valence-corrected chi connectivity index (χ3v) is 3.55. The molecule has 0 aliphatic rings. The van der Waals surface area contributed by atoms with Gasteiger partial charge in [-0.25, -0.2) is 4.98 Å². The Balaban J connectivity index is 2.85. The summed E-state index contributed by atoms with van der Waals surface area (Å²) < 4.78 is 37.3. The zero-order valence-electron chi connectivity index (χ0n) is 9.48. The van der Waals surface area contributed by atoms with Crippen LogP contribution >= 0.6 is 11.3 Å². The highest BCUT2D eigenvalue weighted by Crippen LogP contribution is 2.36. The van der Waals surface area contributed by atoms with E-state index < -0.39 is 11.2 Å². The number of aryl methyl sites for hydroxylation is 1. The lowest BCUT2D eigenvalue weighted by Gasteiger charge is -2.11. The minimum absolute atomic E-state index is 0.0754. The number of nitrogens with one attached hydrogen (secondary N) is 1. The highest BCUT2D eigenvalue weighted by Gasteiger charge is 2.35. The molecule has 1 rings (SSSR count). The van der Waals surface area contributed by atoms with Crippen LogP contribution in [0.5, 0.6) is 0 Å². The fourth-order valence-corrected chi connectivity index (χ4v) is 2.34. The molecule has 0 aromatic carbocycles. The molecule has 92 valence electrons. The summed E-state index contributed by atoms with van der Waals surface area (Å²) in [5, 5.41) is 2.40. The lowest BCUT2D eigenvalue weighted by atomic mass is 10.2. The minimum atomic E-state index is -4.34. The second kappa shape index (κ2) is 5.14. The van der Waals surface area contributed by atoms with E-state index in [0.717, 1.165) is 24.3 Å². The third kappa shape index (κ3) is 3.18. The van der Waals surface area contributed by atoms with Crippen LogP contribution in [0.15, 0.2) is 0 Å². The number of nitrogens with zero attached hydrogens (tertiary/aromatic N) is 1. The van der Waals surface area contributed by atoms with Crippen LogP contribution in [0.25, 0.3) is 0 Å². The van der Waals surface area contributed by atoms with Crippen LogP contribution in [0.4, 0.5) is 13.2 Å². The van der Waals surface area contributed by atoms with Crippen LogP contribution in [-0.4, -0.2) is 11.5 Å². The summed E-state index contributed by atoms with van der Waals surface area (Å²) >= 11 is 0.726. The van der Waals surface area contributed by atoms with Crippen molar-refractivity contribution in [2.45, 2.75) is 39.4 Å². The predicted molar refractivity (Wildman–Crippen MR) is 58.6 cm³/mol. The van der Waals surface area contributed by atoms with Crippen molar-refractivity contribution in [1.82, 2.24) is 10.3 Å². The SMILES string of the molecule is CCCNC(C)c1sc(C(F)(F)F)nc1C. The molecule has 1 atom stereocenters. The zero-order valence-corrected chi connectivity index (χ0v) is 10.3. The predicted octanol–water partition coefficient (Wildman–Crippen LogP) is 3.53. The van der Waals surface area contributed by atoms with Gasteiger partial charge in [0.1, 0.15) is 0 Å². The largest absolute Gasteiger partial charge is 0.443 e. The van der Waals surface area contributed by atoms with Crippen molar-refractivity contribution in [3.63, 3.8) is 0 Å². The molecule has 0 saturated carbocycles. The number of thiazole rings is 1. The lowest BCUT2D eigenvalue weighted by Crippen LogP contribution is -2.18. The molecule has 16 heavy (non-hydrogen) atoms. The molecule has 0 saturated heterocycles. The molecule has 1 N–H and O–H groups in total. The third-order valence-electron chi connectivity index (χ3n) is 2.17. The molecule has 6 heteroatoms. The van der Waals surface area contributed by atoms with E-state index in [1.54, 1.807) is 6.92 Å². The molecule has 0 amide bonds. The first-order valence-electron chi connectivity index (χ1n) is 5.14. The Bertz CT molecular complexity index is 346. The number of hydrogen-bond donors (Lipinski definition) is 1. The second-order valence-electron chi connectivity index (χ2n) is 3.64. The first kappa shape index (κ1) is 13.4. The van der Waals surface area contributed by atoms with Crippen LogP contribution < -0.4 is 5.32 Å². The number of rotatable bonds is 4. The first-order valence-corrected chi connectivity index (χ1v) is 5.95. The molecular weight excluding hydrogens is 237 g/mol. The molecule has 1 aromatic rings.